The number of hydrogen-bond donors (Lipinski definition) is 3. The Balaban J connectivity index is 0.00000320. The van der Waals surface area contributed by atoms with Crippen LogP contribution in [-0.4, -0.2) is 78.8 Å². The van der Waals surface area contributed by atoms with Crippen LogP contribution in [0.2, 0.25) is 0 Å². The molecule has 1 aromatic rings. The van der Waals surface area contributed by atoms with E-state index < -0.39 is 0 Å². The average Bonchev–Trinajstić information content (AvgIpc) is 3.23. The van der Waals surface area contributed by atoms with Crippen LogP contribution in [0.15, 0.2) is 12.3 Å². The molecule has 7 nitrogen and oxygen atoms in total. The van der Waals surface area contributed by atoms with E-state index in [4.69, 9.17) is 9.97 Å². The van der Waals surface area contributed by atoms with Gasteiger partial charge >= 0.3 is 0 Å². The Labute approximate surface area is 221 Å². The van der Waals surface area contributed by atoms with Gasteiger partial charge in [-0.3, -0.25) is 4.90 Å². The van der Waals surface area contributed by atoms with Crippen molar-refractivity contribution in [2.24, 2.45) is 5.92 Å². The average molecular weight is 500 g/mol. The molecule has 3 aliphatic heterocycles. The van der Waals surface area contributed by atoms with Crippen LogP contribution >= 0.6 is 0 Å². The second-order valence-corrected chi connectivity index (χ2v) is 11.8. The molecule has 2 atom stereocenters. The number of hydrogen-bond acceptors (Lipinski definition) is 7. The highest BCUT2D eigenvalue weighted by Gasteiger charge is 2.36. The van der Waals surface area contributed by atoms with Crippen LogP contribution in [0.3, 0.4) is 0 Å². The minimum absolute atomic E-state index is 0. The maximum absolute atomic E-state index is 5.03. The normalized spacial score (nSPS) is 27.6. The van der Waals surface area contributed by atoms with Gasteiger partial charge in [-0.15, -0.1) is 0 Å². The van der Waals surface area contributed by atoms with Crippen molar-refractivity contribution in [2.45, 2.75) is 108 Å². The van der Waals surface area contributed by atoms with E-state index in [1.54, 1.807) is 0 Å². The molecule has 1 saturated carbocycles. The third-order valence-electron chi connectivity index (χ3n) is 9.26. The highest BCUT2D eigenvalue weighted by Crippen LogP contribution is 2.31. The van der Waals surface area contributed by atoms with Crippen LogP contribution < -0.4 is 20.9 Å². The Hall–Kier alpha value is -1.44. The number of anilines is 2. The van der Waals surface area contributed by atoms with Crippen molar-refractivity contribution in [1.82, 2.24) is 25.5 Å². The summed E-state index contributed by atoms with van der Waals surface area (Å²) in [6, 6.07) is 3.86. The quantitative estimate of drug-likeness (QED) is 0.427. The number of rotatable bonds is 9. The molecule has 204 valence electrons. The molecule has 4 aliphatic rings. The zero-order valence-electron chi connectivity index (χ0n) is 22.6. The Kier molecular flexibility index (Phi) is 10.1. The van der Waals surface area contributed by atoms with Crippen LogP contribution in [0.25, 0.3) is 0 Å². The third-order valence-corrected chi connectivity index (χ3v) is 9.26. The van der Waals surface area contributed by atoms with E-state index >= 15 is 0 Å². The van der Waals surface area contributed by atoms with Gasteiger partial charge in [0, 0.05) is 38.8 Å². The number of aromatic nitrogens is 2. The van der Waals surface area contributed by atoms with E-state index in [1.807, 2.05) is 6.20 Å². The van der Waals surface area contributed by atoms with Crippen LogP contribution in [0.5, 0.6) is 0 Å². The number of piperidine rings is 2. The molecule has 0 amide bonds. The van der Waals surface area contributed by atoms with Crippen molar-refractivity contribution in [3.05, 3.63) is 12.3 Å². The lowest BCUT2D eigenvalue weighted by atomic mass is 9.87. The van der Waals surface area contributed by atoms with Gasteiger partial charge in [-0.1, -0.05) is 32.1 Å². The lowest BCUT2D eigenvalue weighted by molar-refractivity contribution is 0.0595. The van der Waals surface area contributed by atoms with Crippen LogP contribution in [0.4, 0.5) is 11.8 Å². The van der Waals surface area contributed by atoms with E-state index in [-0.39, 0.29) is 1.43 Å². The zero-order chi connectivity index (χ0) is 24.4. The molecular formula is C29H53N7. The largest absolute Gasteiger partial charge is 0.356 e. The summed E-state index contributed by atoms with van der Waals surface area (Å²) in [6.07, 6.45) is 20.6. The molecule has 3 N–H and O–H groups in total. The van der Waals surface area contributed by atoms with Gasteiger partial charge in [-0.2, -0.15) is 4.98 Å². The van der Waals surface area contributed by atoms with Gasteiger partial charge in [-0.05, 0) is 102 Å². The lowest BCUT2D eigenvalue weighted by Crippen LogP contribution is -2.56. The van der Waals surface area contributed by atoms with Crippen molar-refractivity contribution in [1.29, 1.82) is 0 Å². The SMILES string of the molecule is [HH].c1cc(N2CCCCCC2)nc(N[C@H]2CCCN(C3CCCCC3)[C@@H]2CCNCC2CCNCC2)n1. The summed E-state index contributed by atoms with van der Waals surface area (Å²) >= 11 is 0. The maximum atomic E-state index is 5.03. The Morgan fingerprint density at radius 3 is 2.47 bits per heavy atom. The lowest BCUT2D eigenvalue weighted by Gasteiger charge is -2.47. The maximum Gasteiger partial charge on any atom is 0.224 e. The van der Waals surface area contributed by atoms with E-state index in [1.165, 1.54) is 116 Å². The topological polar surface area (TPSA) is 68.4 Å². The van der Waals surface area contributed by atoms with Gasteiger partial charge in [0.05, 0.1) is 0 Å². The van der Waals surface area contributed by atoms with Gasteiger partial charge in [0.2, 0.25) is 5.95 Å². The number of likely N-dealkylation sites (tertiary alicyclic amines) is 1. The van der Waals surface area contributed by atoms with Crippen LogP contribution in [-0.2, 0) is 0 Å². The summed E-state index contributed by atoms with van der Waals surface area (Å²) in [4.78, 5) is 15.1. The van der Waals surface area contributed by atoms with E-state index in [9.17, 15) is 0 Å². The molecule has 5 rings (SSSR count). The van der Waals surface area contributed by atoms with Crippen molar-refractivity contribution in [2.75, 3.05) is 56.0 Å². The van der Waals surface area contributed by atoms with Gasteiger partial charge in [0.15, 0.2) is 0 Å². The predicted octanol–water partition coefficient (Wildman–Crippen LogP) is 4.66. The van der Waals surface area contributed by atoms with E-state index in [2.05, 4.69) is 31.8 Å². The van der Waals surface area contributed by atoms with E-state index in [0.29, 0.717) is 12.1 Å². The fourth-order valence-electron chi connectivity index (χ4n) is 7.19. The minimum Gasteiger partial charge on any atom is -0.356 e. The summed E-state index contributed by atoms with van der Waals surface area (Å²) in [7, 11) is 0. The van der Waals surface area contributed by atoms with Gasteiger partial charge in [0.1, 0.15) is 5.82 Å². The highest BCUT2D eigenvalue weighted by atomic mass is 15.3. The van der Waals surface area contributed by atoms with Gasteiger partial charge in [0.25, 0.3) is 0 Å². The molecule has 4 heterocycles. The second-order valence-electron chi connectivity index (χ2n) is 11.8. The standard InChI is InChI=1S/C29H51N7.H2/c1-2-7-21-35(20-6-1)28-15-19-32-29(34-28)33-26-11-8-22-36(25-9-4-3-5-10-25)27(26)14-18-31-23-24-12-16-30-17-13-24;/h15,19,24-27,30-31H,1-14,16-18,20-23H2,(H,32,33,34);1H/t26-,27+;/m0./s1. The first kappa shape index (κ1) is 26.2. The number of nitrogens with zero attached hydrogens (tertiary/aromatic N) is 4. The third kappa shape index (κ3) is 7.32. The first-order chi connectivity index (χ1) is 17.9. The molecule has 0 radical (unpaired) electrons. The first-order valence-electron chi connectivity index (χ1n) is 15.4. The summed E-state index contributed by atoms with van der Waals surface area (Å²) in [5.74, 6) is 2.78. The molecule has 0 spiro atoms. The van der Waals surface area contributed by atoms with Crippen LogP contribution in [0.1, 0.15) is 91.3 Å². The first-order valence-corrected chi connectivity index (χ1v) is 15.4. The minimum atomic E-state index is 0. The Bertz CT molecular complexity index is 760. The van der Waals surface area contributed by atoms with Crippen molar-refractivity contribution < 1.29 is 1.43 Å². The summed E-state index contributed by atoms with van der Waals surface area (Å²) < 4.78 is 0. The zero-order valence-corrected chi connectivity index (χ0v) is 22.6. The highest BCUT2D eigenvalue weighted by molar-refractivity contribution is 5.43. The molecular weight excluding hydrogens is 446 g/mol. The van der Waals surface area contributed by atoms with Crippen molar-refractivity contribution in [3.8, 4) is 0 Å². The predicted molar refractivity (Wildman–Crippen MR) is 152 cm³/mol. The monoisotopic (exact) mass is 499 g/mol. The molecule has 1 aromatic heterocycles. The van der Waals surface area contributed by atoms with Crippen LogP contribution in [0, 0.1) is 5.92 Å². The molecule has 4 fully saturated rings. The van der Waals surface area contributed by atoms with Crippen molar-refractivity contribution in [3.63, 3.8) is 0 Å². The fraction of sp³-hybridized carbons (Fsp3) is 0.862. The molecule has 7 heteroatoms. The molecule has 0 bridgehead atoms. The molecule has 0 aromatic carbocycles. The summed E-state index contributed by atoms with van der Waals surface area (Å²) in [5, 5.41) is 11.2. The Morgan fingerprint density at radius 2 is 1.67 bits per heavy atom. The van der Waals surface area contributed by atoms with Gasteiger partial charge < -0.3 is 20.9 Å². The fourth-order valence-corrected chi connectivity index (χ4v) is 7.19. The summed E-state index contributed by atoms with van der Waals surface area (Å²) in [5.41, 5.74) is 0. The molecule has 3 saturated heterocycles. The van der Waals surface area contributed by atoms with E-state index in [0.717, 1.165) is 43.4 Å². The smallest absolute Gasteiger partial charge is 0.224 e. The Morgan fingerprint density at radius 1 is 0.889 bits per heavy atom. The van der Waals surface area contributed by atoms with Gasteiger partial charge in [-0.25, -0.2) is 4.98 Å². The summed E-state index contributed by atoms with van der Waals surface area (Å²) in [6.45, 7) is 8.18. The number of nitrogens with one attached hydrogen (secondary N) is 3. The molecule has 0 unspecified atom stereocenters. The molecule has 36 heavy (non-hydrogen) atoms. The second kappa shape index (κ2) is 13.9. The molecule has 1 aliphatic carbocycles. The van der Waals surface area contributed by atoms with Crippen molar-refractivity contribution >= 4 is 11.8 Å².